The molecule has 1 saturated heterocycles. The summed E-state index contributed by atoms with van der Waals surface area (Å²) >= 11 is 0. The van der Waals surface area contributed by atoms with Crippen molar-refractivity contribution in [1.29, 1.82) is 0 Å². The van der Waals surface area contributed by atoms with Gasteiger partial charge in [0.15, 0.2) is 0 Å². The number of anilines is 1. The average molecular weight is 462 g/mol. The topological polar surface area (TPSA) is 54.0 Å². The van der Waals surface area contributed by atoms with Gasteiger partial charge in [0.1, 0.15) is 11.4 Å². The summed E-state index contributed by atoms with van der Waals surface area (Å²) in [5, 5.41) is 2.74. The lowest BCUT2D eigenvalue weighted by Gasteiger charge is -2.29. The highest BCUT2D eigenvalue weighted by atomic mass is 16.6. The Balaban J connectivity index is 1.58. The Bertz CT molecular complexity index is 658. The van der Waals surface area contributed by atoms with Crippen molar-refractivity contribution in [3.05, 3.63) is 24.3 Å². The van der Waals surface area contributed by atoms with Gasteiger partial charge in [-0.05, 0) is 104 Å². The number of nitrogens with zero attached hydrogens (tertiary/aromatic N) is 2. The Kier molecular flexibility index (Phi) is 12.0. The van der Waals surface area contributed by atoms with Gasteiger partial charge in [-0.25, -0.2) is 4.79 Å². The number of carbonyl (C=O) groups excluding carboxylic acids is 1. The number of amides is 1. The molecule has 1 heterocycles. The molecule has 1 aromatic carbocycles. The van der Waals surface area contributed by atoms with Crippen LogP contribution in [0.3, 0.4) is 0 Å². The van der Waals surface area contributed by atoms with Crippen LogP contribution in [0.4, 0.5) is 10.5 Å². The predicted molar refractivity (Wildman–Crippen MR) is 137 cm³/mol. The fourth-order valence-electron chi connectivity index (χ4n) is 4.38. The van der Waals surface area contributed by atoms with Gasteiger partial charge < -0.3 is 19.3 Å². The quantitative estimate of drug-likeness (QED) is 0.455. The Labute approximate surface area is 202 Å². The highest BCUT2D eigenvalue weighted by molar-refractivity contribution is 5.84. The standard InChI is InChI=1S/C27H47N3O3/c1-27(2,3)33-26(31)28-24-14-16-25(17-15-24)32-20-12-7-6-9-13-23-21-29(4)18-10-8-11-19-30(5)22-23/h14-17,23H,6-13,18-22H2,1-5H3,(H,28,31). The summed E-state index contributed by atoms with van der Waals surface area (Å²) < 4.78 is 11.1. The maximum Gasteiger partial charge on any atom is 0.412 e. The lowest BCUT2D eigenvalue weighted by Crippen LogP contribution is -2.35. The molecule has 2 rings (SSSR count). The molecule has 6 nitrogen and oxygen atoms in total. The van der Waals surface area contributed by atoms with Crippen LogP contribution in [0.5, 0.6) is 5.75 Å². The number of hydrogen-bond acceptors (Lipinski definition) is 5. The van der Waals surface area contributed by atoms with Gasteiger partial charge in [0, 0.05) is 18.8 Å². The van der Waals surface area contributed by atoms with Crippen LogP contribution in [0.25, 0.3) is 0 Å². The van der Waals surface area contributed by atoms with Gasteiger partial charge in [0.25, 0.3) is 0 Å². The lowest BCUT2D eigenvalue weighted by atomic mass is 9.98. The molecular weight excluding hydrogens is 414 g/mol. The normalized spacial score (nSPS) is 17.5. The molecule has 0 aliphatic carbocycles. The van der Waals surface area contributed by atoms with Gasteiger partial charge in [0.2, 0.25) is 0 Å². The second kappa shape index (κ2) is 14.5. The first kappa shape index (κ1) is 27.5. The van der Waals surface area contributed by atoms with E-state index in [-0.39, 0.29) is 0 Å². The minimum Gasteiger partial charge on any atom is -0.494 e. The summed E-state index contributed by atoms with van der Waals surface area (Å²) in [7, 11) is 4.57. The van der Waals surface area contributed by atoms with E-state index in [4.69, 9.17) is 9.47 Å². The molecule has 1 N–H and O–H groups in total. The molecule has 1 aromatic rings. The number of nitrogens with one attached hydrogen (secondary N) is 1. The third kappa shape index (κ3) is 12.9. The van der Waals surface area contributed by atoms with E-state index in [9.17, 15) is 4.79 Å². The summed E-state index contributed by atoms with van der Waals surface area (Å²) in [6, 6.07) is 7.46. The van der Waals surface area contributed by atoms with Crippen LogP contribution in [0, 0.1) is 5.92 Å². The van der Waals surface area contributed by atoms with E-state index in [1.807, 2.05) is 45.0 Å². The summed E-state index contributed by atoms with van der Waals surface area (Å²) in [6.07, 6.45) is 9.75. The zero-order chi connectivity index (χ0) is 24.1. The molecule has 1 amide bonds. The van der Waals surface area contributed by atoms with Crippen LogP contribution in [-0.2, 0) is 4.74 Å². The van der Waals surface area contributed by atoms with E-state index in [2.05, 4.69) is 29.2 Å². The molecule has 0 atom stereocenters. The Morgan fingerprint density at radius 3 is 2.15 bits per heavy atom. The molecule has 0 radical (unpaired) electrons. The van der Waals surface area contributed by atoms with Crippen molar-refractivity contribution in [3.8, 4) is 5.75 Å². The first-order valence-corrected chi connectivity index (χ1v) is 12.8. The summed E-state index contributed by atoms with van der Waals surface area (Å²) in [6.45, 7) is 11.2. The lowest BCUT2D eigenvalue weighted by molar-refractivity contribution is 0.0636. The average Bonchev–Trinajstić information content (AvgIpc) is 2.72. The van der Waals surface area contributed by atoms with Gasteiger partial charge in [0.05, 0.1) is 6.61 Å². The second-order valence-corrected chi connectivity index (χ2v) is 10.7. The highest BCUT2D eigenvalue weighted by Crippen LogP contribution is 2.19. The van der Waals surface area contributed by atoms with Gasteiger partial charge in [-0.3, -0.25) is 5.32 Å². The molecule has 1 fully saturated rings. The van der Waals surface area contributed by atoms with E-state index in [1.54, 1.807) is 0 Å². The highest BCUT2D eigenvalue weighted by Gasteiger charge is 2.17. The maximum atomic E-state index is 11.8. The molecule has 1 aliphatic rings. The third-order valence-corrected chi connectivity index (χ3v) is 5.99. The molecule has 0 aromatic heterocycles. The molecule has 0 unspecified atom stereocenters. The van der Waals surface area contributed by atoms with E-state index in [0.717, 1.165) is 24.7 Å². The zero-order valence-corrected chi connectivity index (χ0v) is 21.7. The Morgan fingerprint density at radius 1 is 0.939 bits per heavy atom. The molecule has 188 valence electrons. The largest absolute Gasteiger partial charge is 0.494 e. The molecule has 0 saturated carbocycles. The minimum absolute atomic E-state index is 0.445. The molecule has 1 aliphatic heterocycles. The van der Waals surface area contributed by atoms with Crippen LogP contribution in [0.2, 0.25) is 0 Å². The van der Waals surface area contributed by atoms with E-state index in [0.29, 0.717) is 5.69 Å². The predicted octanol–water partition coefficient (Wildman–Crippen LogP) is 6.03. The first-order valence-electron chi connectivity index (χ1n) is 12.8. The molecule has 6 heteroatoms. The number of rotatable bonds is 9. The number of ether oxygens (including phenoxy) is 2. The van der Waals surface area contributed by atoms with Crippen molar-refractivity contribution in [2.75, 3.05) is 52.2 Å². The Morgan fingerprint density at radius 2 is 1.55 bits per heavy atom. The monoisotopic (exact) mass is 461 g/mol. The smallest absolute Gasteiger partial charge is 0.412 e. The van der Waals surface area contributed by atoms with Crippen molar-refractivity contribution in [3.63, 3.8) is 0 Å². The molecule has 33 heavy (non-hydrogen) atoms. The van der Waals surface area contributed by atoms with Gasteiger partial charge in [-0.15, -0.1) is 0 Å². The van der Waals surface area contributed by atoms with Gasteiger partial charge >= 0.3 is 6.09 Å². The van der Waals surface area contributed by atoms with E-state index in [1.165, 1.54) is 71.1 Å². The van der Waals surface area contributed by atoms with Crippen molar-refractivity contribution in [1.82, 2.24) is 9.80 Å². The molecule has 0 bridgehead atoms. The van der Waals surface area contributed by atoms with Gasteiger partial charge in [-0.2, -0.15) is 0 Å². The number of hydrogen-bond donors (Lipinski definition) is 1. The van der Waals surface area contributed by atoms with E-state index >= 15 is 0 Å². The summed E-state index contributed by atoms with van der Waals surface area (Å²) in [5.41, 5.74) is 0.196. The number of benzene rings is 1. The zero-order valence-electron chi connectivity index (χ0n) is 21.7. The fraction of sp³-hybridized carbons (Fsp3) is 0.741. The van der Waals surface area contributed by atoms with Gasteiger partial charge in [-0.1, -0.05) is 25.7 Å². The molecular formula is C27H47N3O3. The summed E-state index contributed by atoms with van der Waals surface area (Å²) in [4.78, 5) is 16.9. The minimum atomic E-state index is -0.506. The van der Waals surface area contributed by atoms with Crippen LogP contribution >= 0.6 is 0 Å². The van der Waals surface area contributed by atoms with Crippen LogP contribution in [-0.4, -0.2) is 68.4 Å². The number of unbranched alkanes of at least 4 members (excludes halogenated alkanes) is 3. The Hall–Kier alpha value is -1.79. The number of carbonyl (C=O) groups is 1. The summed E-state index contributed by atoms with van der Waals surface area (Å²) in [5.74, 6) is 1.61. The van der Waals surface area contributed by atoms with Crippen LogP contribution in [0.15, 0.2) is 24.3 Å². The fourth-order valence-corrected chi connectivity index (χ4v) is 4.38. The van der Waals surface area contributed by atoms with Crippen LogP contribution in [0.1, 0.15) is 72.1 Å². The van der Waals surface area contributed by atoms with Crippen molar-refractivity contribution >= 4 is 11.8 Å². The van der Waals surface area contributed by atoms with E-state index < -0.39 is 11.7 Å². The third-order valence-electron chi connectivity index (χ3n) is 5.99. The molecule has 0 spiro atoms. The maximum absolute atomic E-state index is 11.8. The first-order chi connectivity index (χ1) is 15.7. The van der Waals surface area contributed by atoms with Crippen molar-refractivity contribution < 1.29 is 14.3 Å². The second-order valence-electron chi connectivity index (χ2n) is 10.7. The SMILES string of the molecule is CN1CCCCCN(C)CC(CCCCCCOc2ccc(NC(=O)OC(C)(C)C)cc2)C1. The van der Waals surface area contributed by atoms with Crippen LogP contribution < -0.4 is 10.1 Å². The van der Waals surface area contributed by atoms with Crippen molar-refractivity contribution in [2.24, 2.45) is 5.92 Å². The van der Waals surface area contributed by atoms with Crippen molar-refractivity contribution in [2.45, 2.75) is 77.7 Å².